The second-order valence-corrected chi connectivity index (χ2v) is 6.27. The van der Waals surface area contributed by atoms with Crippen LogP contribution in [-0.4, -0.2) is 25.8 Å². The van der Waals surface area contributed by atoms with Gasteiger partial charge in [-0.2, -0.15) is 11.8 Å². The molecule has 1 saturated heterocycles. The number of rotatable bonds is 2. The van der Waals surface area contributed by atoms with E-state index in [4.69, 9.17) is 0 Å². The molecule has 0 radical (unpaired) electrons. The molecule has 64 valence electrons. The number of hydrogen-bond acceptors (Lipinski definition) is 3. The maximum absolute atomic E-state index is 10.7. The highest BCUT2D eigenvalue weighted by molar-refractivity contribution is 14.1. The maximum Gasteiger partial charge on any atom is 0.186 e. The number of carbonyl (C=O) groups is 1. The summed E-state index contributed by atoms with van der Waals surface area (Å²) in [6.07, 6.45) is 1.22. The molecule has 0 N–H and O–H groups in total. The highest BCUT2D eigenvalue weighted by Gasteiger charge is 2.25. The van der Waals surface area contributed by atoms with Crippen LogP contribution in [-0.2, 0) is 4.79 Å². The fourth-order valence-electron chi connectivity index (χ4n) is 1.10. The number of alkyl halides is 1. The number of thioether (sulfide) groups is 2. The molecule has 1 aliphatic rings. The molecule has 0 amide bonds. The van der Waals surface area contributed by atoms with Crippen molar-refractivity contribution in [3.05, 3.63) is 0 Å². The smallest absolute Gasteiger partial charge is 0.186 e. The molecular weight excluding hydrogens is 291 g/mol. The van der Waals surface area contributed by atoms with E-state index in [1.165, 1.54) is 22.6 Å². The molecule has 2 atom stereocenters. The fraction of sp³-hybridized carbons (Fsp3) is 0.857. The van der Waals surface area contributed by atoms with Gasteiger partial charge in [0, 0.05) is 27.6 Å². The summed E-state index contributed by atoms with van der Waals surface area (Å²) in [6.45, 7) is 1.66. The average Bonchev–Trinajstić information content (AvgIpc) is 2.34. The van der Waals surface area contributed by atoms with Crippen LogP contribution in [0, 0.1) is 0 Å². The van der Waals surface area contributed by atoms with Gasteiger partial charge in [0.25, 0.3) is 0 Å². The minimum absolute atomic E-state index is 0.268. The third kappa shape index (κ3) is 3.55. The zero-order valence-electron chi connectivity index (χ0n) is 6.38. The van der Waals surface area contributed by atoms with Crippen molar-refractivity contribution in [3.8, 4) is 0 Å². The molecule has 2 unspecified atom stereocenters. The Balaban J connectivity index is 2.24. The molecule has 11 heavy (non-hydrogen) atoms. The first-order valence-electron chi connectivity index (χ1n) is 3.57. The first-order valence-corrected chi connectivity index (χ1v) is 7.02. The van der Waals surface area contributed by atoms with Crippen molar-refractivity contribution in [1.29, 1.82) is 0 Å². The third-order valence-electron chi connectivity index (χ3n) is 1.55. The largest absolute Gasteiger partial charge is 0.288 e. The van der Waals surface area contributed by atoms with Gasteiger partial charge in [-0.25, -0.2) is 0 Å². The Bertz CT molecular complexity index is 151. The van der Waals surface area contributed by atoms with Crippen LogP contribution in [0.15, 0.2) is 0 Å². The minimum atomic E-state index is 0.268. The summed E-state index contributed by atoms with van der Waals surface area (Å²) in [6, 6.07) is 0. The van der Waals surface area contributed by atoms with E-state index in [1.807, 2.05) is 11.8 Å². The van der Waals surface area contributed by atoms with Crippen molar-refractivity contribution in [3.63, 3.8) is 0 Å². The summed E-state index contributed by atoms with van der Waals surface area (Å²) >= 11 is 5.95. The van der Waals surface area contributed by atoms with Gasteiger partial charge in [0.05, 0.1) is 0 Å². The fourth-order valence-corrected chi connectivity index (χ4v) is 4.73. The molecular formula is C7H11IOS2. The quantitative estimate of drug-likeness (QED) is 0.576. The lowest BCUT2D eigenvalue weighted by atomic mass is 10.3. The van der Waals surface area contributed by atoms with Gasteiger partial charge in [0.1, 0.15) is 0 Å². The van der Waals surface area contributed by atoms with Crippen LogP contribution in [0.25, 0.3) is 0 Å². The van der Waals surface area contributed by atoms with Crippen LogP contribution < -0.4 is 0 Å². The SMILES string of the molecule is CC(=O)SC1CSC(CI)C1. The molecule has 0 aromatic rings. The Morgan fingerprint density at radius 1 is 1.82 bits per heavy atom. The van der Waals surface area contributed by atoms with Gasteiger partial charge in [-0.05, 0) is 6.42 Å². The standard InChI is InChI=1S/C7H11IOS2/c1-5(9)11-7-2-6(3-8)10-4-7/h6-7H,2-4H2,1H3. The van der Waals surface area contributed by atoms with E-state index in [1.54, 1.807) is 6.92 Å². The van der Waals surface area contributed by atoms with E-state index in [0.717, 1.165) is 11.0 Å². The monoisotopic (exact) mass is 302 g/mol. The van der Waals surface area contributed by atoms with Crippen molar-refractivity contribution in [1.82, 2.24) is 0 Å². The van der Waals surface area contributed by atoms with Gasteiger partial charge in [0.2, 0.25) is 0 Å². The Kier molecular flexibility index (Phi) is 4.60. The molecule has 1 nitrogen and oxygen atoms in total. The molecule has 0 aromatic carbocycles. The second kappa shape index (κ2) is 4.97. The van der Waals surface area contributed by atoms with E-state index in [0.29, 0.717) is 5.25 Å². The zero-order chi connectivity index (χ0) is 8.27. The normalized spacial score (nSPS) is 30.7. The second-order valence-electron chi connectivity index (χ2n) is 2.58. The molecule has 0 spiro atoms. The van der Waals surface area contributed by atoms with Crippen LogP contribution in [0.5, 0.6) is 0 Å². The van der Waals surface area contributed by atoms with E-state index in [9.17, 15) is 4.79 Å². The van der Waals surface area contributed by atoms with Crippen LogP contribution >= 0.6 is 46.1 Å². The van der Waals surface area contributed by atoms with E-state index in [-0.39, 0.29) is 5.12 Å². The van der Waals surface area contributed by atoms with E-state index in [2.05, 4.69) is 22.6 Å². The minimum Gasteiger partial charge on any atom is -0.288 e. The molecule has 0 aromatic heterocycles. The summed E-state index contributed by atoms with van der Waals surface area (Å²) in [5, 5.41) is 1.66. The number of hydrogen-bond donors (Lipinski definition) is 0. The summed E-state index contributed by atoms with van der Waals surface area (Å²) in [7, 11) is 0. The lowest BCUT2D eigenvalue weighted by Crippen LogP contribution is -2.05. The molecule has 1 fully saturated rings. The molecule has 4 heteroatoms. The molecule has 1 aliphatic heterocycles. The average molecular weight is 302 g/mol. The molecule has 0 saturated carbocycles. The van der Waals surface area contributed by atoms with Crippen LogP contribution in [0.4, 0.5) is 0 Å². The summed E-state index contributed by atoms with van der Waals surface area (Å²) in [5.74, 6) is 1.16. The van der Waals surface area contributed by atoms with Gasteiger partial charge in [-0.1, -0.05) is 34.4 Å². The van der Waals surface area contributed by atoms with Crippen molar-refractivity contribution in [2.75, 3.05) is 10.2 Å². The Morgan fingerprint density at radius 2 is 2.55 bits per heavy atom. The Morgan fingerprint density at radius 3 is 3.00 bits per heavy atom. The summed E-state index contributed by atoms with van der Waals surface area (Å²) in [5.41, 5.74) is 0. The Hall–Kier alpha value is 1.10. The summed E-state index contributed by atoms with van der Waals surface area (Å²) in [4.78, 5) is 10.7. The predicted molar refractivity (Wildman–Crippen MR) is 61.8 cm³/mol. The van der Waals surface area contributed by atoms with Gasteiger partial charge in [-0.15, -0.1) is 0 Å². The van der Waals surface area contributed by atoms with Crippen LogP contribution in [0.1, 0.15) is 13.3 Å². The molecule has 0 aliphatic carbocycles. The van der Waals surface area contributed by atoms with Gasteiger partial charge in [-0.3, -0.25) is 4.79 Å². The van der Waals surface area contributed by atoms with Gasteiger partial charge in [0.15, 0.2) is 5.12 Å². The maximum atomic E-state index is 10.7. The van der Waals surface area contributed by atoms with Crippen molar-refractivity contribution in [2.45, 2.75) is 23.8 Å². The molecule has 1 rings (SSSR count). The Labute approximate surface area is 89.6 Å². The highest BCUT2D eigenvalue weighted by atomic mass is 127. The predicted octanol–water partition coefficient (Wildman–Crippen LogP) is 2.58. The number of halogens is 1. The highest BCUT2D eigenvalue weighted by Crippen LogP contribution is 2.35. The number of carbonyl (C=O) groups excluding carboxylic acids is 1. The van der Waals surface area contributed by atoms with Crippen LogP contribution in [0.2, 0.25) is 0 Å². The van der Waals surface area contributed by atoms with E-state index < -0.39 is 0 Å². The van der Waals surface area contributed by atoms with Gasteiger partial charge >= 0.3 is 0 Å². The van der Waals surface area contributed by atoms with Crippen molar-refractivity contribution >= 4 is 51.2 Å². The topological polar surface area (TPSA) is 17.1 Å². The van der Waals surface area contributed by atoms with E-state index >= 15 is 0 Å². The first kappa shape index (κ1) is 10.2. The third-order valence-corrected chi connectivity index (χ3v) is 5.87. The summed E-state index contributed by atoms with van der Waals surface area (Å²) < 4.78 is 1.22. The molecule has 0 bridgehead atoms. The zero-order valence-corrected chi connectivity index (χ0v) is 10.2. The lowest BCUT2D eigenvalue weighted by Gasteiger charge is -2.04. The van der Waals surface area contributed by atoms with Crippen molar-refractivity contribution in [2.24, 2.45) is 0 Å². The van der Waals surface area contributed by atoms with Crippen LogP contribution in [0.3, 0.4) is 0 Å². The molecule has 1 heterocycles. The van der Waals surface area contributed by atoms with Gasteiger partial charge < -0.3 is 0 Å². The first-order chi connectivity index (χ1) is 5.22. The lowest BCUT2D eigenvalue weighted by molar-refractivity contribution is -0.109. The van der Waals surface area contributed by atoms with Crippen molar-refractivity contribution < 1.29 is 4.79 Å².